The van der Waals surface area contributed by atoms with Crippen LogP contribution in [0.15, 0.2) is 76.8 Å². The van der Waals surface area contributed by atoms with Gasteiger partial charge in [0.15, 0.2) is 0 Å². The second-order valence-corrected chi connectivity index (χ2v) is 9.81. The van der Waals surface area contributed by atoms with Gasteiger partial charge in [-0.15, -0.1) is 12.3 Å². The van der Waals surface area contributed by atoms with E-state index in [4.69, 9.17) is 16.3 Å². The molecule has 0 bridgehead atoms. The second kappa shape index (κ2) is 19.5. The Hall–Kier alpha value is -5.91. The van der Waals surface area contributed by atoms with Crippen molar-refractivity contribution in [3.05, 3.63) is 98.8 Å². The first-order valence-electron chi connectivity index (χ1n) is 14.3. The Morgan fingerprint density at radius 3 is 2.04 bits per heavy atom. The standard InChI is InChI=1S/C18H18N4O2.C8H6.C7H4ClN3O.C3H4/c23-17-15-6-7-19-11-16(15)20-18(21-17)22-8-9-24-14(12-22)10-13-4-2-1-3-5-13;1-3-5-7-8-6-4-2;8-7-10-5-3-9-2-1-4(5)6(12)11-7;1-3-2/h1-7,11,14H,8-10,12H2,(H,20,21,23);1-2H3;1-3H,(H,10,11,12);1H,2H3. The van der Waals surface area contributed by atoms with Crippen LogP contribution in [0.5, 0.6) is 0 Å². The monoisotopic (exact) mass is 645 g/mol. The quantitative estimate of drug-likeness (QED) is 0.218. The molecule has 1 aromatic carbocycles. The molecule has 5 heterocycles. The molecule has 0 saturated carbocycles. The number of anilines is 1. The lowest BCUT2D eigenvalue weighted by atomic mass is 10.1. The van der Waals surface area contributed by atoms with Crippen LogP contribution in [0.3, 0.4) is 0 Å². The third-order valence-electron chi connectivity index (χ3n) is 6.16. The zero-order chi connectivity index (χ0) is 33.9. The topological polar surface area (TPSA) is 130 Å². The number of terminal acetylenes is 1. The van der Waals surface area contributed by atoms with Crippen LogP contribution in [0.25, 0.3) is 21.8 Å². The zero-order valence-electron chi connectivity index (χ0n) is 26.2. The molecular formula is C36H32ClN7O3. The zero-order valence-corrected chi connectivity index (χ0v) is 26.9. The number of hydrogen-bond donors (Lipinski definition) is 2. The number of rotatable bonds is 3. The molecule has 1 fully saturated rings. The predicted molar refractivity (Wildman–Crippen MR) is 187 cm³/mol. The van der Waals surface area contributed by atoms with Gasteiger partial charge in [-0.1, -0.05) is 42.2 Å². The largest absolute Gasteiger partial charge is 0.374 e. The van der Waals surface area contributed by atoms with Gasteiger partial charge < -0.3 is 9.64 Å². The summed E-state index contributed by atoms with van der Waals surface area (Å²) in [4.78, 5) is 47.1. The minimum absolute atomic E-state index is 0.0797. The van der Waals surface area contributed by atoms with Gasteiger partial charge in [-0.2, -0.15) is 0 Å². The minimum Gasteiger partial charge on any atom is -0.374 e. The Bertz CT molecular complexity index is 2100. The number of hydrogen-bond acceptors (Lipinski definition) is 8. The summed E-state index contributed by atoms with van der Waals surface area (Å²) in [7, 11) is 0. The molecule has 5 aromatic rings. The molecule has 1 aliphatic rings. The summed E-state index contributed by atoms with van der Waals surface area (Å²) in [6.07, 6.45) is 11.8. The van der Waals surface area contributed by atoms with Crippen molar-refractivity contribution in [3.63, 3.8) is 0 Å². The maximum atomic E-state index is 12.2. The maximum Gasteiger partial charge on any atom is 0.260 e. The number of pyridine rings is 2. The lowest BCUT2D eigenvalue weighted by molar-refractivity contribution is 0.0405. The first-order chi connectivity index (χ1) is 22.9. The van der Waals surface area contributed by atoms with Gasteiger partial charge in [-0.3, -0.25) is 29.5 Å². The van der Waals surface area contributed by atoms with E-state index in [0.717, 1.165) is 6.42 Å². The van der Waals surface area contributed by atoms with Crippen LogP contribution in [0.1, 0.15) is 26.3 Å². The number of nitrogens with one attached hydrogen (secondary N) is 2. The first kappa shape index (κ1) is 35.6. The van der Waals surface area contributed by atoms with Crippen molar-refractivity contribution in [1.82, 2.24) is 29.9 Å². The highest BCUT2D eigenvalue weighted by Gasteiger charge is 2.23. The van der Waals surface area contributed by atoms with Gasteiger partial charge in [-0.25, -0.2) is 9.97 Å². The smallest absolute Gasteiger partial charge is 0.260 e. The molecule has 0 aliphatic carbocycles. The number of nitrogens with zero attached hydrogens (tertiary/aromatic N) is 5. The van der Waals surface area contributed by atoms with E-state index in [1.165, 1.54) is 18.0 Å². The van der Waals surface area contributed by atoms with Crippen LogP contribution >= 0.6 is 11.6 Å². The molecular weight excluding hydrogens is 614 g/mol. The summed E-state index contributed by atoms with van der Waals surface area (Å²) in [5.74, 6) is 18.3. The molecule has 2 N–H and O–H groups in total. The fourth-order valence-corrected chi connectivity index (χ4v) is 4.37. The molecule has 1 unspecified atom stereocenters. The lowest BCUT2D eigenvalue weighted by Gasteiger charge is -2.33. The van der Waals surface area contributed by atoms with E-state index >= 15 is 0 Å². The number of halogens is 1. The molecule has 6 rings (SSSR count). The van der Waals surface area contributed by atoms with E-state index in [2.05, 4.69) is 94.8 Å². The summed E-state index contributed by atoms with van der Waals surface area (Å²) in [5, 5.41) is 1.14. The lowest BCUT2D eigenvalue weighted by Crippen LogP contribution is -2.44. The Morgan fingerprint density at radius 1 is 0.872 bits per heavy atom. The Morgan fingerprint density at radius 2 is 1.45 bits per heavy atom. The molecule has 11 heteroatoms. The van der Waals surface area contributed by atoms with E-state index in [1.54, 1.807) is 45.3 Å². The fraction of sp³-hybridized carbons (Fsp3) is 0.222. The predicted octanol–water partition coefficient (Wildman–Crippen LogP) is 4.41. The number of aromatic amines is 2. The van der Waals surface area contributed by atoms with Crippen LogP contribution in [0.4, 0.5) is 5.95 Å². The summed E-state index contributed by atoms with van der Waals surface area (Å²) in [5.41, 5.74) is 1.98. The van der Waals surface area contributed by atoms with Crippen LogP contribution in [-0.2, 0) is 11.2 Å². The van der Waals surface area contributed by atoms with Crippen LogP contribution in [-0.4, -0.2) is 55.7 Å². The fourth-order valence-electron chi connectivity index (χ4n) is 4.19. The van der Waals surface area contributed by atoms with Crippen LogP contribution in [0.2, 0.25) is 5.28 Å². The number of ether oxygens (including phenoxy) is 1. The van der Waals surface area contributed by atoms with Gasteiger partial charge in [0, 0.05) is 31.9 Å². The minimum atomic E-state index is -0.243. The third-order valence-corrected chi connectivity index (χ3v) is 6.34. The number of morpholine rings is 1. The van der Waals surface area contributed by atoms with E-state index < -0.39 is 0 Å². The van der Waals surface area contributed by atoms with Crippen molar-refractivity contribution in [3.8, 4) is 47.9 Å². The second-order valence-electron chi connectivity index (χ2n) is 9.45. The molecule has 1 aliphatic heterocycles. The van der Waals surface area contributed by atoms with Crippen LogP contribution in [0, 0.1) is 47.9 Å². The summed E-state index contributed by atoms with van der Waals surface area (Å²) in [6.45, 7) is 7.16. The third kappa shape index (κ3) is 11.5. The summed E-state index contributed by atoms with van der Waals surface area (Å²) in [6, 6.07) is 13.6. The molecule has 0 spiro atoms. The van der Waals surface area contributed by atoms with Crippen molar-refractivity contribution in [1.29, 1.82) is 0 Å². The number of H-pyrrole nitrogens is 2. The van der Waals surface area contributed by atoms with Gasteiger partial charge in [-0.05, 0) is 73.8 Å². The highest BCUT2D eigenvalue weighted by atomic mass is 35.5. The van der Waals surface area contributed by atoms with Gasteiger partial charge in [0.25, 0.3) is 11.1 Å². The van der Waals surface area contributed by atoms with Crippen molar-refractivity contribution >= 4 is 39.4 Å². The summed E-state index contributed by atoms with van der Waals surface area (Å²) < 4.78 is 5.88. The maximum absolute atomic E-state index is 12.2. The first-order valence-corrected chi connectivity index (χ1v) is 14.7. The number of fused-ring (bicyclic) bond motifs is 2. The summed E-state index contributed by atoms with van der Waals surface area (Å²) >= 11 is 5.53. The van der Waals surface area contributed by atoms with Gasteiger partial charge in [0.2, 0.25) is 11.2 Å². The van der Waals surface area contributed by atoms with Gasteiger partial charge in [0.05, 0.1) is 46.9 Å². The molecule has 0 radical (unpaired) electrons. The van der Waals surface area contributed by atoms with Gasteiger partial charge in [0.1, 0.15) is 0 Å². The van der Waals surface area contributed by atoms with Crippen molar-refractivity contribution in [2.75, 3.05) is 24.6 Å². The number of aromatic nitrogens is 6. The molecule has 47 heavy (non-hydrogen) atoms. The average molecular weight is 646 g/mol. The van der Waals surface area contributed by atoms with E-state index in [1.807, 2.05) is 18.2 Å². The molecule has 0 amide bonds. The Balaban J connectivity index is 0.000000217. The van der Waals surface area contributed by atoms with Crippen molar-refractivity contribution in [2.24, 2.45) is 0 Å². The molecule has 1 saturated heterocycles. The van der Waals surface area contributed by atoms with E-state index in [-0.39, 0.29) is 22.5 Å². The van der Waals surface area contributed by atoms with Gasteiger partial charge >= 0.3 is 0 Å². The number of benzene rings is 1. The van der Waals surface area contributed by atoms with Crippen molar-refractivity contribution < 1.29 is 4.74 Å². The molecule has 236 valence electrons. The normalized spacial score (nSPS) is 12.7. The molecule has 4 aromatic heterocycles. The Kier molecular flexibility index (Phi) is 14.7. The van der Waals surface area contributed by atoms with Crippen LogP contribution < -0.4 is 16.0 Å². The Labute approximate surface area is 278 Å². The van der Waals surface area contributed by atoms with E-state index in [0.29, 0.717) is 47.5 Å². The SMILES string of the molecule is C#CC.CC#CC#CC#CC.O=c1[nH]c(Cl)nc2cnccc12.O=c1[nH]c(N2CCOC(Cc3ccccc3)C2)nc2cnccc12. The molecule has 10 nitrogen and oxygen atoms in total. The average Bonchev–Trinajstić information content (AvgIpc) is 3.08. The highest BCUT2D eigenvalue weighted by Crippen LogP contribution is 2.17. The highest BCUT2D eigenvalue weighted by molar-refractivity contribution is 6.28. The van der Waals surface area contributed by atoms with E-state index in [9.17, 15) is 9.59 Å². The van der Waals surface area contributed by atoms with Crippen molar-refractivity contribution in [2.45, 2.75) is 33.3 Å². The molecule has 1 atom stereocenters.